The smallest absolute Gasteiger partial charge is 0.166 e. The van der Waals surface area contributed by atoms with Gasteiger partial charge in [0.25, 0.3) is 0 Å². The van der Waals surface area contributed by atoms with Crippen molar-refractivity contribution in [1.29, 1.82) is 0 Å². The van der Waals surface area contributed by atoms with Crippen LogP contribution in [0.1, 0.15) is 12.8 Å². The van der Waals surface area contributed by atoms with Gasteiger partial charge in [-0.3, -0.25) is 0 Å². The van der Waals surface area contributed by atoms with Gasteiger partial charge in [-0.1, -0.05) is 60.0 Å². The predicted molar refractivity (Wildman–Crippen MR) is 92.3 cm³/mol. The number of hydrogen-bond donors (Lipinski definition) is 0. The molecule has 2 aliphatic carbocycles. The summed E-state index contributed by atoms with van der Waals surface area (Å²) in [4.78, 5) is 2.60. The second-order valence-corrected chi connectivity index (χ2v) is 7.08. The second-order valence-electron chi connectivity index (χ2n) is 4.99. The molecule has 0 amide bonds. The van der Waals surface area contributed by atoms with E-state index in [1.165, 1.54) is 21.0 Å². The van der Waals surface area contributed by atoms with Gasteiger partial charge in [0.15, 0.2) is 10.2 Å². The van der Waals surface area contributed by atoms with E-state index in [2.05, 4.69) is 60.8 Å². The van der Waals surface area contributed by atoms with Crippen LogP contribution >= 0.6 is 23.5 Å². The van der Waals surface area contributed by atoms with Gasteiger partial charge in [0.05, 0.1) is 0 Å². The average Bonchev–Trinajstić information content (AvgIpc) is 2.55. The zero-order valence-corrected chi connectivity index (χ0v) is 13.0. The van der Waals surface area contributed by atoms with E-state index in [4.69, 9.17) is 4.74 Å². The minimum Gasteiger partial charge on any atom is -0.443 e. The molecule has 0 atom stereocenters. The summed E-state index contributed by atoms with van der Waals surface area (Å²) in [6.07, 6.45) is 23.4. The molecule has 1 nitrogen and oxygen atoms in total. The van der Waals surface area contributed by atoms with E-state index in [1.807, 2.05) is 0 Å². The van der Waals surface area contributed by atoms with Crippen LogP contribution in [0, 0.1) is 0 Å². The number of hydrogen-bond acceptors (Lipinski definition) is 3. The number of ether oxygens (including phenoxy) is 1. The molecule has 21 heavy (non-hydrogen) atoms. The highest BCUT2D eigenvalue weighted by atomic mass is 32.2. The summed E-state index contributed by atoms with van der Waals surface area (Å²) in [6, 6.07) is 0. The van der Waals surface area contributed by atoms with Crippen LogP contribution < -0.4 is 0 Å². The van der Waals surface area contributed by atoms with Gasteiger partial charge in [0, 0.05) is 9.81 Å². The summed E-state index contributed by atoms with van der Waals surface area (Å²) in [5.41, 5.74) is 2.75. The molecule has 0 radical (unpaired) electrons. The molecule has 104 valence electrons. The summed E-state index contributed by atoms with van der Waals surface area (Å²) in [5.74, 6) is 0. The highest BCUT2D eigenvalue weighted by Crippen LogP contribution is 2.44. The molecular weight excluding hydrogens is 296 g/mol. The number of allylic oxidation sites excluding steroid dienone is 12. The van der Waals surface area contributed by atoms with Crippen LogP contribution in [0.2, 0.25) is 0 Å². The van der Waals surface area contributed by atoms with Gasteiger partial charge in [0.1, 0.15) is 0 Å². The molecule has 0 saturated carbocycles. The monoisotopic (exact) mass is 310 g/mol. The molecule has 0 aromatic carbocycles. The maximum atomic E-state index is 6.06. The lowest BCUT2D eigenvalue weighted by molar-refractivity contribution is 0.374. The maximum absolute atomic E-state index is 6.06. The van der Waals surface area contributed by atoms with Crippen LogP contribution in [0.5, 0.6) is 0 Å². The second kappa shape index (κ2) is 5.66. The molecule has 2 aliphatic heterocycles. The molecule has 0 bridgehead atoms. The Balaban J connectivity index is 1.51. The van der Waals surface area contributed by atoms with E-state index >= 15 is 0 Å². The van der Waals surface area contributed by atoms with Crippen molar-refractivity contribution in [3.05, 3.63) is 91.9 Å². The van der Waals surface area contributed by atoms with E-state index in [1.54, 1.807) is 23.5 Å². The molecule has 4 aliphatic rings. The molecule has 2 heterocycles. The van der Waals surface area contributed by atoms with Crippen molar-refractivity contribution in [2.45, 2.75) is 12.8 Å². The Morgan fingerprint density at radius 3 is 1.71 bits per heavy atom. The molecule has 0 unspecified atom stereocenters. The third-order valence-electron chi connectivity index (χ3n) is 3.54. The van der Waals surface area contributed by atoms with Gasteiger partial charge in [-0.15, -0.1) is 0 Å². The first-order chi connectivity index (χ1) is 10.4. The summed E-state index contributed by atoms with van der Waals surface area (Å²) < 4.78 is 6.06. The van der Waals surface area contributed by atoms with E-state index < -0.39 is 0 Å². The van der Waals surface area contributed by atoms with E-state index in [0.717, 1.165) is 23.0 Å². The summed E-state index contributed by atoms with van der Waals surface area (Å²) >= 11 is 3.42. The first kappa shape index (κ1) is 13.1. The number of thioether (sulfide) groups is 2. The molecule has 4 rings (SSSR count). The highest BCUT2D eigenvalue weighted by Gasteiger charge is 2.19. The van der Waals surface area contributed by atoms with Crippen molar-refractivity contribution in [2.75, 3.05) is 0 Å². The minimum atomic E-state index is 0.947. The average molecular weight is 310 g/mol. The molecule has 0 N–H and O–H groups in total. The summed E-state index contributed by atoms with van der Waals surface area (Å²) in [6.45, 7) is 0. The predicted octanol–water partition coefficient (Wildman–Crippen LogP) is 5.72. The molecule has 0 spiro atoms. The zero-order chi connectivity index (χ0) is 14.1. The Hall–Kier alpha value is -1.58. The Kier molecular flexibility index (Phi) is 3.53. The largest absolute Gasteiger partial charge is 0.443 e. The Morgan fingerprint density at radius 2 is 1.19 bits per heavy atom. The molecule has 0 saturated heterocycles. The first-order valence-corrected chi connectivity index (χ1v) is 8.61. The van der Waals surface area contributed by atoms with Gasteiger partial charge in [-0.2, -0.15) is 0 Å². The maximum Gasteiger partial charge on any atom is 0.166 e. The van der Waals surface area contributed by atoms with Gasteiger partial charge in [-0.25, -0.2) is 0 Å². The van der Waals surface area contributed by atoms with Gasteiger partial charge < -0.3 is 4.74 Å². The van der Waals surface area contributed by atoms with Gasteiger partial charge >= 0.3 is 0 Å². The standard InChI is InChI=1S/C18H14OS2/c1-3-7-15-13(5-1)9-11-17(20-15)19-18-12-10-14-6-2-4-8-16(14)21-18/h1-4,7-12H,5-6H2. The molecule has 3 heteroatoms. The third kappa shape index (κ3) is 2.76. The Labute approximate surface area is 133 Å². The fourth-order valence-corrected chi connectivity index (χ4v) is 4.33. The van der Waals surface area contributed by atoms with Crippen LogP contribution in [0.25, 0.3) is 0 Å². The van der Waals surface area contributed by atoms with E-state index in [0.29, 0.717) is 0 Å². The van der Waals surface area contributed by atoms with E-state index in [9.17, 15) is 0 Å². The lowest BCUT2D eigenvalue weighted by Gasteiger charge is -2.22. The fourth-order valence-electron chi connectivity index (χ4n) is 2.45. The summed E-state index contributed by atoms with van der Waals surface area (Å²) in [5, 5.41) is 1.89. The lowest BCUT2D eigenvalue weighted by atomic mass is 10.1. The Bertz CT molecular complexity index is 662. The van der Waals surface area contributed by atoms with Crippen LogP contribution in [-0.4, -0.2) is 0 Å². The molecule has 0 fully saturated rings. The Morgan fingerprint density at radius 1 is 0.667 bits per heavy atom. The summed E-state index contributed by atoms with van der Waals surface area (Å²) in [7, 11) is 0. The topological polar surface area (TPSA) is 9.23 Å². The van der Waals surface area contributed by atoms with Gasteiger partial charge in [0.2, 0.25) is 0 Å². The molecule has 0 aromatic rings. The van der Waals surface area contributed by atoms with E-state index in [-0.39, 0.29) is 0 Å². The van der Waals surface area contributed by atoms with Crippen molar-refractivity contribution < 1.29 is 4.74 Å². The van der Waals surface area contributed by atoms with Crippen molar-refractivity contribution in [1.82, 2.24) is 0 Å². The minimum absolute atomic E-state index is 0.947. The number of fused-ring (bicyclic) bond motifs is 2. The zero-order valence-electron chi connectivity index (χ0n) is 11.4. The van der Waals surface area contributed by atoms with Crippen molar-refractivity contribution in [3.63, 3.8) is 0 Å². The van der Waals surface area contributed by atoms with Crippen molar-refractivity contribution in [2.24, 2.45) is 0 Å². The van der Waals surface area contributed by atoms with Crippen LogP contribution in [-0.2, 0) is 4.74 Å². The molecule has 0 aromatic heterocycles. The third-order valence-corrected chi connectivity index (χ3v) is 5.62. The van der Waals surface area contributed by atoms with Crippen LogP contribution in [0.3, 0.4) is 0 Å². The molecular formula is C18H14OS2. The van der Waals surface area contributed by atoms with Crippen molar-refractivity contribution in [3.8, 4) is 0 Å². The normalized spacial score (nSPS) is 22.9. The SMILES string of the molecule is C1=CCC2=CC=C(OC3=CC=C4CC=CC=C4S3)SC2=C1. The van der Waals surface area contributed by atoms with Crippen molar-refractivity contribution >= 4 is 23.5 Å². The number of rotatable bonds is 2. The van der Waals surface area contributed by atoms with Crippen LogP contribution in [0.15, 0.2) is 91.9 Å². The fraction of sp³-hybridized carbons (Fsp3) is 0.111. The van der Waals surface area contributed by atoms with Gasteiger partial charge in [-0.05, 0) is 48.3 Å². The first-order valence-electron chi connectivity index (χ1n) is 6.98. The quantitative estimate of drug-likeness (QED) is 0.645. The van der Waals surface area contributed by atoms with Crippen LogP contribution in [0.4, 0.5) is 0 Å². The lowest BCUT2D eigenvalue weighted by Crippen LogP contribution is -2.00. The highest BCUT2D eigenvalue weighted by molar-refractivity contribution is 8.07.